The summed E-state index contributed by atoms with van der Waals surface area (Å²) in [5.41, 5.74) is 2.01. The number of aryl methyl sites for hydroxylation is 1. The van der Waals surface area contributed by atoms with Crippen molar-refractivity contribution in [1.82, 2.24) is 4.72 Å². The minimum Gasteiger partial charge on any atom is -0.326 e. The molecule has 0 unspecified atom stereocenters. The highest BCUT2D eigenvalue weighted by Gasteiger charge is 2.15. The molecule has 25 heavy (non-hydrogen) atoms. The third kappa shape index (κ3) is 5.51. The summed E-state index contributed by atoms with van der Waals surface area (Å²) in [7, 11) is -3.77. The van der Waals surface area contributed by atoms with Gasteiger partial charge in [0.15, 0.2) is 5.78 Å². The SMILES string of the molecule is CC(=O)c1cccc(S(=O)(=O)NCCC(=O)Nc2cccc(C)c2)c1. The average Bonchev–Trinajstić information content (AvgIpc) is 2.54. The molecule has 2 aromatic rings. The predicted molar refractivity (Wildman–Crippen MR) is 96.1 cm³/mol. The van der Waals surface area contributed by atoms with E-state index in [0.717, 1.165) is 5.56 Å². The highest BCUT2D eigenvalue weighted by atomic mass is 32.2. The topological polar surface area (TPSA) is 92.3 Å². The van der Waals surface area contributed by atoms with Crippen molar-refractivity contribution >= 4 is 27.4 Å². The smallest absolute Gasteiger partial charge is 0.240 e. The number of rotatable bonds is 7. The number of amides is 1. The van der Waals surface area contributed by atoms with E-state index in [2.05, 4.69) is 10.0 Å². The molecule has 6 nitrogen and oxygen atoms in total. The van der Waals surface area contributed by atoms with Crippen molar-refractivity contribution < 1.29 is 18.0 Å². The molecule has 2 N–H and O–H groups in total. The minimum absolute atomic E-state index is 0.000426. The highest BCUT2D eigenvalue weighted by molar-refractivity contribution is 7.89. The third-order valence-corrected chi connectivity index (χ3v) is 4.96. The molecular formula is C18H20N2O4S. The molecule has 0 atom stereocenters. The van der Waals surface area contributed by atoms with Gasteiger partial charge in [0.05, 0.1) is 4.90 Å². The molecule has 0 radical (unpaired) electrons. The van der Waals surface area contributed by atoms with Gasteiger partial charge in [-0.25, -0.2) is 13.1 Å². The van der Waals surface area contributed by atoms with Crippen LogP contribution in [0, 0.1) is 6.92 Å². The Balaban J connectivity index is 1.93. The molecule has 0 bridgehead atoms. The Morgan fingerprint density at radius 3 is 2.44 bits per heavy atom. The average molecular weight is 360 g/mol. The summed E-state index contributed by atoms with van der Waals surface area (Å²) in [6.07, 6.45) is -0.000426. The van der Waals surface area contributed by atoms with Crippen LogP contribution < -0.4 is 10.0 Å². The lowest BCUT2D eigenvalue weighted by atomic mass is 10.2. The maximum Gasteiger partial charge on any atom is 0.240 e. The fraction of sp³-hybridized carbons (Fsp3) is 0.222. The molecule has 0 spiro atoms. The zero-order valence-electron chi connectivity index (χ0n) is 14.1. The van der Waals surface area contributed by atoms with Gasteiger partial charge in [0.25, 0.3) is 0 Å². The van der Waals surface area contributed by atoms with E-state index in [4.69, 9.17) is 0 Å². The van der Waals surface area contributed by atoms with E-state index in [-0.39, 0.29) is 29.6 Å². The second-order valence-electron chi connectivity index (χ2n) is 5.65. The van der Waals surface area contributed by atoms with Gasteiger partial charge in [0.2, 0.25) is 15.9 Å². The first-order valence-corrected chi connectivity index (χ1v) is 9.23. The van der Waals surface area contributed by atoms with Gasteiger partial charge in [-0.3, -0.25) is 9.59 Å². The molecular weight excluding hydrogens is 340 g/mol. The van der Waals surface area contributed by atoms with Crippen LogP contribution in [-0.2, 0) is 14.8 Å². The van der Waals surface area contributed by atoms with Crippen LogP contribution in [0.2, 0.25) is 0 Å². The number of anilines is 1. The molecule has 0 saturated heterocycles. The molecule has 0 fully saturated rings. The van der Waals surface area contributed by atoms with Gasteiger partial charge in [-0.05, 0) is 43.7 Å². The summed E-state index contributed by atoms with van der Waals surface area (Å²) in [5.74, 6) is -0.500. The fourth-order valence-electron chi connectivity index (χ4n) is 2.21. The van der Waals surface area contributed by atoms with Gasteiger partial charge in [-0.2, -0.15) is 0 Å². The molecule has 7 heteroatoms. The lowest BCUT2D eigenvalue weighted by molar-refractivity contribution is -0.116. The van der Waals surface area contributed by atoms with E-state index in [1.165, 1.54) is 25.1 Å². The summed E-state index contributed by atoms with van der Waals surface area (Å²) in [6, 6.07) is 13.1. The Morgan fingerprint density at radius 2 is 1.76 bits per heavy atom. The van der Waals surface area contributed by atoms with Crippen molar-refractivity contribution in [1.29, 1.82) is 0 Å². The van der Waals surface area contributed by atoms with E-state index in [1.54, 1.807) is 12.1 Å². The number of carbonyl (C=O) groups is 2. The third-order valence-electron chi connectivity index (χ3n) is 3.50. The Hall–Kier alpha value is -2.51. The monoisotopic (exact) mass is 360 g/mol. The van der Waals surface area contributed by atoms with Crippen LogP contribution >= 0.6 is 0 Å². The van der Waals surface area contributed by atoms with Crippen molar-refractivity contribution in [2.45, 2.75) is 25.2 Å². The standard InChI is InChI=1S/C18H20N2O4S/c1-13-5-3-7-16(11-13)20-18(22)9-10-19-25(23,24)17-8-4-6-15(12-17)14(2)21/h3-8,11-12,19H,9-10H2,1-2H3,(H,20,22). The zero-order valence-corrected chi connectivity index (χ0v) is 14.9. The van der Waals surface area contributed by atoms with Gasteiger partial charge in [0.1, 0.15) is 0 Å². The number of benzene rings is 2. The van der Waals surface area contributed by atoms with E-state index in [0.29, 0.717) is 11.3 Å². The molecule has 0 aliphatic carbocycles. The van der Waals surface area contributed by atoms with E-state index in [1.807, 2.05) is 25.1 Å². The first-order valence-electron chi connectivity index (χ1n) is 7.75. The minimum atomic E-state index is -3.77. The maximum atomic E-state index is 12.2. The lowest BCUT2D eigenvalue weighted by Crippen LogP contribution is -2.28. The highest BCUT2D eigenvalue weighted by Crippen LogP contribution is 2.12. The summed E-state index contributed by atoms with van der Waals surface area (Å²) in [5, 5.41) is 2.71. The van der Waals surface area contributed by atoms with Gasteiger partial charge in [-0.15, -0.1) is 0 Å². The van der Waals surface area contributed by atoms with Gasteiger partial charge >= 0.3 is 0 Å². The van der Waals surface area contributed by atoms with Crippen LogP contribution in [0.3, 0.4) is 0 Å². The molecule has 0 aliphatic rings. The second-order valence-corrected chi connectivity index (χ2v) is 7.42. The van der Waals surface area contributed by atoms with Crippen molar-refractivity contribution in [2.75, 3.05) is 11.9 Å². The predicted octanol–water partition coefficient (Wildman–Crippen LogP) is 2.50. The number of ketones is 1. The normalized spacial score (nSPS) is 11.1. The molecule has 0 aliphatic heterocycles. The first-order chi connectivity index (χ1) is 11.8. The van der Waals surface area contributed by atoms with Crippen LogP contribution in [0.4, 0.5) is 5.69 Å². The molecule has 0 aromatic heterocycles. The second kappa shape index (κ2) is 8.04. The number of Topliss-reactive ketones (excluding diaryl/α,β-unsaturated/α-hetero) is 1. The number of hydrogen-bond donors (Lipinski definition) is 2. The Kier molecular flexibility index (Phi) is 6.06. The van der Waals surface area contributed by atoms with Crippen LogP contribution in [-0.4, -0.2) is 26.7 Å². The molecule has 1 amide bonds. The van der Waals surface area contributed by atoms with Gasteiger partial charge < -0.3 is 5.32 Å². The summed E-state index contributed by atoms with van der Waals surface area (Å²) in [4.78, 5) is 23.3. The van der Waals surface area contributed by atoms with E-state index < -0.39 is 10.0 Å². The lowest BCUT2D eigenvalue weighted by Gasteiger charge is -2.09. The number of hydrogen-bond acceptors (Lipinski definition) is 4. The zero-order chi connectivity index (χ0) is 18.4. The first kappa shape index (κ1) is 18.8. The number of sulfonamides is 1. The van der Waals surface area contributed by atoms with Gasteiger partial charge in [0, 0.05) is 24.2 Å². The van der Waals surface area contributed by atoms with E-state index >= 15 is 0 Å². The Bertz CT molecular complexity index is 891. The summed E-state index contributed by atoms with van der Waals surface area (Å²) in [6.45, 7) is 3.25. The van der Waals surface area contributed by atoms with Gasteiger partial charge in [-0.1, -0.05) is 24.3 Å². The maximum absolute atomic E-state index is 12.2. The summed E-state index contributed by atoms with van der Waals surface area (Å²) < 4.78 is 26.8. The molecule has 2 rings (SSSR count). The molecule has 0 heterocycles. The Morgan fingerprint density at radius 1 is 1.04 bits per heavy atom. The van der Waals surface area contributed by atoms with Crippen molar-refractivity contribution in [2.24, 2.45) is 0 Å². The van der Waals surface area contributed by atoms with E-state index in [9.17, 15) is 18.0 Å². The molecule has 0 saturated carbocycles. The van der Waals surface area contributed by atoms with Crippen molar-refractivity contribution in [3.8, 4) is 0 Å². The largest absolute Gasteiger partial charge is 0.326 e. The van der Waals surface area contributed by atoms with Crippen LogP contribution in [0.1, 0.15) is 29.3 Å². The van der Waals surface area contributed by atoms with Crippen molar-refractivity contribution in [3.63, 3.8) is 0 Å². The molecule has 2 aromatic carbocycles. The van der Waals surface area contributed by atoms with Crippen LogP contribution in [0.25, 0.3) is 0 Å². The number of carbonyl (C=O) groups excluding carboxylic acids is 2. The Labute approximate surface area is 147 Å². The van der Waals surface area contributed by atoms with Crippen molar-refractivity contribution in [3.05, 3.63) is 59.7 Å². The quantitative estimate of drug-likeness (QED) is 0.742. The molecule has 132 valence electrons. The number of nitrogens with one attached hydrogen (secondary N) is 2. The summed E-state index contributed by atoms with van der Waals surface area (Å²) >= 11 is 0. The van der Waals surface area contributed by atoms with Crippen LogP contribution in [0.15, 0.2) is 53.4 Å². The fourth-order valence-corrected chi connectivity index (χ4v) is 3.29. The van der Waals surface area contributed by atoms with Crippen LogP contribution in [0.5, 0.6) is 0 Å².